The third-order valence-corrected chi connectivity index (χ3v) is 4.10. The van der Waals surface area contributed by atoms with Gasteiger partial charge in [-0.05, 0) is 31.0 Å². The van der Waals surface area contributed by atoms with E-state index < -0.39 is 11.0 Å². The number of hydrogen-bond acceptors (Lipinski definition) is 2. The summed E-state index contributed by atoms with van der Waals surface area (Å²) in [6, 6.07) is 7.34. The van der Waals surface area contributed by atoms with Gasteiger partial charge in [-0.1, -0.05) is 26.3 Å². The van der Waals surface area contributed by atoms with Crippen molar-refractivity contribution in [3.8, 4) is 0 Å². The fraction of sp³-hybridized carbons (Fsp3) is 0.538. The summed E-state index contributed by atoms with van der Waals surface area (Å²) in [5.41, 5.74) is 6.35. The lowest BCUT2D eigenvalue weighted by atomic mass is 10.2. The topological polar surface area (TPSA) is 46.3 Å². The Morgan fingerprint density at radius 1 is 1.18 bits per heavy atom. The van der Waals surface area contributed by atoms with Crippen LogP contribution in [0.25, 0.3) is 0 Å². The summed E-state index contributed by atoms with van der Waals surface area (Å²) >= 11 is 0. The van der Waals surface area contributed by atoms with Crippen LogP contribution in [0.1, 0.15) is 33.1 Å². The highest BCUT2D eigenvalue weighted by Gasteiger charge is 2.17. The molecule has 2 N–H and O–H groups in total. The smallest absolute Gasteiger partial charge is 0.127 e. The van der Waals surface area contributed by atoms with Gasteiger partial charge in [-0.3, -0.25) is 0 Å². The summed E-state index contributed by atoms with van der Waals surface area (Å²) < 4.78 is 14.2. The fourth-order valence-corrected chi connectivity index (χ4v) is 3.12. The number of nitrogens with two attached hydrogens (primary N) is 1. The quantitative estimate of drug-likeness (QED) is 0.825. The standard InChI is InChI=1S/C11H16N2OS.C2H6/c12-10-5-4-6-11(9-10)15(14)13-7-2-1-3-8-13;1-2/h4-6,9H,1-3,7-8,12H2;1-2H3. The maximum Gasteiger partial charge on any atom is 0.127 e. The van der Waals surface area contributed by atoms with Crippen LogP contribution in [-0.2, 0) is 11.0 Å². The van der Waals surface area contributed by atoms with E-state index in [0.717, 1.165) is 30.8 Å². The Bertz CT molecular complexity index is 362. The molecular formula is C13H22N2OS. The molecule has 0 amide bonds. The van der Waals surface area contributed by atoms with Crippen LogP contribution < -0.4 is 5.73 Å². The number of nitrogen functional groups attached to an aromatic ring is 1. The first kappa shape index (κ1) is 14.2. The number of rotatable bonds is 2. The molecule has 1 aliphatic heterocycles. The van der Waals surface area contributed by atoms with E-state index in [2.05, 4.69) is 0 Å². The molecule has 0 aliphatic carbocycles. The highest BCUT2D eigenvalue weighted by atomic mass is 32.2. The zero-order valence-electron chi connectivity index (χ0n) is 10.7. The Hall–Kier alpha value is -0.870. The number of piperidine rings is 1. The molecular weight excluding hydrogens is 232 g/mol. The molecule has 1 aromatic carbocycles. The van der Waals surface area contributed by atoms with E-state index in [1.54, 1.807) is 6.07 Å². The number of anilines is 1. The molecule has 1 aliphatic rings. The SMILES string of the molecule is CC.Nc1cccc(S(=O)N2CCCCC2)c1. The molecule has 0 bridgehead atoms. The van der Waals surface area contributed by atoms with Crippen molar-refractivity contribution in [2.24, 2.45) is 0 Å². The summed E-state index contributed by atoms with van der Waals surface area (Å²) in [5, 5.41) is 0. The van der Waals surface area contributed by atoms with E-state index in [4.69, 9.17) is 5.73 Å². The monoisotopic (exact) mass is 254 g/mol. The third-order valence-electron chi connectivity index (χ3n) is 2.61. The Kier molecular flexibility index (Phi) is 6.22. The van der Waals surface area contributed by atoms with Gasteiger partial charge < -0.3 is 5.73 Å². The first-order valence-electron chi connectivity index (χ1n) is 6.30. The van der Waals surface area contributed by atoms with Gasteiger partial charge in [-0.25, -0.2) is 8.51 Å². The maximum atomic E-state index is 12.1. The van der Waals surface area contributed by atoms with Crippen LogP contribution in [0.2, 0.25) is 0 Å². The second-order valence-electron chi connectivity index (χ2n) is 3.81. The lowest BCUT2D eigenvalue weighted by Crippen LogP contribution is -2.31. The molecule has 0 saturated carbocycles. The van der Waals surface area contributed by atoms with Gasteiger partial charge in [0.05, 0.1) is 4.90 Å². The predicted molar refractivity (Wildman–Crippen MR) is 74.0 cm³/mol. The van der Waals surface area contributed by atoms with Gasteiger partial charge in [0.2, 0.25) is 0 Å². The van der Waals surface area contributed by atoms with Crippen LogP contribution in [0.5, 0.6) is 0 Å². The van der Waals surface area contributed by atoms with Gasteiger partial charge in [0, 0.05) is 18.8 Å². The van der Waals surface area contributed by atoms with Crippen LogP contribution in [0.3, 0.4) is 0 Å². The summed E-state index contributed by atoms with van der Waals surface area (Å²) in [5.74, 6) is 0. The zero-order chi connectivity index (χ0) is 12.7. The minimum atomic E-state index is -1.03. The van der Waals surface area contributed by atoms with Crippen molar-refractivity contribution in [2.75, 3.05) is 18.8 Å². The maximum absolute atomic E-state index is 12.1. The second-order valence-corrected chi connectivity index (χ2v) is 5.30. The molecule has 0 aromatic heterocycles. The number of benzene rings is 1. The molecule has 0 radical (unpaired) electrons. The van der Waals surface area contributed by atoms with Gasteiger partial charge in [0.1, 0.15) is 11.0 Å². The second kappa shape index (κ2) is 7.45. The van der Waals surface area contributed by atoms with E-state index in [9.17, 15) is 4.21 Å². The van der Waals surface area contributed by atoms with Crippen molar-refractivity contribution in [1.82, 2.24) is 4.31 Å². The highest BCUT2D eigenvalue weighted by Crippen LogP contribution is 2.18. The largest absolute Gasteiger partial charge is 0.399 e. The molecule has 1 fully saturated rings. The van der Waals surface area contributed by atoms with Gasteiger partial charge in [-0.15, -0.1) is 0 Å². The number of nitrogens with zero attached hydrogens (tertiary/aromatic N) is 1. The first-order chi connectivity index (χ1) is 8.27. The van der Waals surface area contributed by atoms with Crippen molar-refractivity contribution in [2.45, 2.75) is 38.0 Å². The molecule has 17 heavy (non-hydrogen) atoms. The van der Waals surface area contributed by atoms with Crippen molar-refractivity contribution in [3.63, 3.8) is 0 Å². The zero-order valence-corrected chi connectivity index (χ0v) is 11.5. The fourth-order valence-electron chi connectivity index (χ4n) is 1.80. The third kappa shape index (κ3) is 4.13. The normalized spacial score (nSPS) is 18.0. The predicted octanol–water partition coefficient (Wildman–Crippen LogP) is 2.80. The van der Waals surface area contributed by atoms with Gasteiger partial charge in [-0.2, -0.15) is 0 Å². The molecule has 96 valence electrons. The van der Waals surface area contributed by atoms with Crippen LogP contribution in [0.15, 0.2) is 29.2 Å². The van der Waals surface area contributed by atoms with E-state index in [0.29, 0.717) is 5.69 Å². The molecule has 1 saturated heterocycles. The Balaban J connectivity index is 0.000000686. The van der Waals surface area contributed by atoms with Crippen molar-refractivity contribution in [1.29, 1.82) is 0 Å². The summed E-state index contributed by atoms with van der Waals surface area (Å²) in [7, 11) is -1.03. The van der Waals surface area contributed by atoms with Gasteiger partial charge in [0.25, 0.3) is 0 Å². The van der Waals surface area contributed by atoms with Crippen LogP contribution in [0, 0.1) is 0 Å². The molecule has 3 nitrogen and oxygen atoms in total. The van der Waals surface area contributed by atoms with Gasteiger partial charge in [0.15, 0.2) is 0 Å². The molecule has 0 spiro atoms. The average Bonchev–Trinajstić information content (AvgIpc) is 2.41. The molecule has 1 heterocycles. The Morgan fingerprint density at radius 3 is 2.41 bits per heavy atom. The lowest BCUT2D eigenvalue weighted by Gasteiger charge is -2.25. The highest BCUT2D eigenvalue weighted by molar-refractivity contribution is 7.82. The first-order valence-corrected chi connectivity index (χ1v) is 7.40. The van der Waals surface area contributed by atoms with Crippen LogP contribution in [-0.4, -0.2) is 21.6 Å². The van der Waals surface area contributed by atoms with Gasteiger partial charge >= 0.3 is 0 Å². The molecule has 1 aromatic rings. The average molecular weight is 254 g/mol. The van der Waals surface area contributed by atoms with Crippen molar-refractivity contribution in [3.05, 3.63) is 24.3 Å². The minimum Gasteiger partial charge on any atom is -0.399 e. The van der Waals surface area contributed by atoms with E-state index in [-0.39, 0.29) is 0 Å². The van der Waals surface area contributed by atoms with E-state index in [1.807, 2.05) is 36.4 Å². The molecule has 1 unspecified atom stereocenters. The van der Waals surface area contributed by atoms with Crippen LogP contribution in [0.4, 0.5) is 5.69 Å². The number of hydrogen-bond donors (Lipinski definition) is 1. The summed E-state index contributed by atoms with van der Waals surface area (Å²) in [4.78, 5) is 0.817. The Morgan fingerprint density at radius 2 is 1.82 bits per heavy atom. The summed E-state index contributed by atoms with van der Waals surface area (Å²) in [6.45, 7) is 5.86. The molecule has 4 heteroatoms. The Labute approximate surface area is 107 Å². The van der Waals surface area contributed by atoms with E-state index in [1.165, 1.54) is 6.42 Å². The van der Waals surface area contributed by atoms with Crippen molar-refractivity contribution < 1.29 is 4.21 Å². The molecule has 2 rings (SSSR count). The lowest BCUT2D eigenvalue weighted by molar-refractivity contribution is 0.365. The van der Waals surface area contributed by atoms with E-state index >= 15 is 0 Å². The van der Waals surface area contributed by atoms with Crippen molar-refractivity contribution >= 4 is 16.7 Å². The molecule has 1 atom stereocenters. The summed E-state index contributed by atoms with van der Waals surface area (Å²) in [6.07, 6.45) is 3.55. The minimum absolute atomic E-state index is 0.679. The van der Waals surface area contributed by atoms with Crippen LogP contribution >= 0.6 is 0 Å².